The first-order chi connectivity index (χ1) is 8.84. The smallest absolute Gasteiger partial charge is 0.323 e. The van der Waals surface area contributed by atoms with E-state index in [1.807, 2.05) is 0 Å². The highest BCUT2D eigenvalue weighted by molar-refractivity contribution is 5.77. The van der Waals surface area contributed by atoms with Gasteiger partial charge in [-0.2, -0.15) is 0 Å². The Hall–Kier alpha value is -1.62. The summed E-state index contributed by atoms with van der Waals surface area (Å²) in [5.74, 6) is -1.14. The molecule has 5 heteroatoms. The standard InChI is InChI=1S/C14H20FNO3/c1-10-6-5-7-11(12(10)15)19-9-4-3-8-14(2,16)13(17)18/h5-7H,3-4,8-9,16H2,1-2H3,(H,17,18). The number of carbonyl (C=O) groups is 1. The predicted molar refractivity (Wildman–Crippen MR) is 70.7 cm³/mol. The van der Waals surface area contributed by atoms with Crippen LogP contribution in [0.3, 0.4) is 0 Å². The maximum Gasteiger partial charge on any atom is 0.323 e. The van der Waals surface area contributed by atoms with Gasteiger partial charge in [-0.25, -0.2) is 4.39 Å². The van der Waals surface area contributed by atoms with Crippen LogP contribution in [-0.4, -0.2) is 23.2 Å². The summed E-state index contributed by atoms with van der Waals surface area (Å²) in [4.78, 5) is 10.8. The Bertz CT molecular complexity index is 446. The van der Waals surface area contributed by atoms with Crippen LogP contribution in [0, 0.1) is 12.7 Å². The van der Waals surface area contributed by atoms with Crippen LogP contribution in [0.4, 0.5) is 4.39 Å². The summed E-state index contributed by atoms with van der Waals surface area (Å²) in [6, 6.07) is 4.98. The molecule has 1 rings (SSSR count). The van der Waals surface area contributed by atoms with Crippen molar-refractivity contribution in [1.29, 1.82) is 0 Å². The van der Waals surface area contributed by atoms with E-state index < -0.39 is 11.5 Å². The van der Waals surface area contributed by atoms with Crippen LogP contribution in [0.5, 0.6) is 5.75 Å². The second-order valence-corrected chi connectivity index (χ2v) is 4.92. The molecular weight excluding hydrogens is 249 g/mol. The average Bonchev–Trinajstić information content (AvgIpc) is 2.33. The van der Waals surface area contributed by atoms with Crippen LogP contribution in [-0.2, 0) is 4.79 Å². The van der Waals surface area contributed by atoms with Crippen LogP contribution in [0.15, 0.2) is 18.2 Å². The average molecular weight is 269 g/mol. The number of hydrogen-bond donors (Lipinski definition) is 2. The Kier molecular flexibility index (Phi) is 5.30. The number of aryl methyl sites for hydroxylation is 1. The lowest BCUT2D eigenvalue weighted by Gasteiger charge is -2.18. The number of carboxylic acid groups (broad SMARTS) is 1. The van der Waals surface area contributed by atoms with E-state index in [2.05, 4.69) is 0 Å². The molecule has 0 saturated carbocycles. The molecule has 4 nitrogen and oxygen atoms in total. The molecule has 0 aliphatic carbocycles. The molecule has 0 radical (unpaired) electrons. The van der Waals surface area contributed by atoms with Gasteiger partial charge in [0, 0.05) is 0 Å². The van der Waals surface area contributed by atoms with Gasteiger partial charge >= 0.3 is 5.97 Å². The summed E-state index contributed by atoms with van der Waals surface area (Å²) >= 11 is 0. The fourth-order valence-electron chi connectivity index (χ4n) is 1.62. The minimum absolute atomic E-state index is 0.230. The van der Waals surface area contributed by atoms with Gasteiger partial charge in [0.1, 0.15) is 5.54 Å². The van der Waals surface area contributed by atoms with Gasteiger partial charge in [0.05, 0.1) is 6.61 Å². The number of hydrogen-bond acceptors (Lipinski definition) is 3. The molecule has 1 aromatic carbocycles. The summed E-state index contributed by atoms with van der Waals surface area (Å²) in [5.41, 5.74) is 4.92. The molecule has 3 N–H and O–H groups in total. The van der Waals surface area contributed by atoms with Crippen LogP contribution in [0.1, 0.15) is 31.7 Å². The third-order valence-corrected chi connectivity index (χ3v) is 2.99. The third-order valence-electron chi connectivity index (χ3n) is 2.99. The normalized spacial score (nSPS) is 13.9. The van der Waals surface area contributed by atoms with Crippen molar-refractivity contribution in [3.63, 3.8) is 0 Å². The van der Waals surface area contributed by atoms with Crippen molar-refractivity contribution in [2.45, 2.75) is 38.6 Å². The molecule has 0 saturated heterocycles. The van der Waals surface area contributed by atoms with Crippen molar-refractivity contribution in [2.75, 3.05) is 6.61 Å². The maximum atomic E-state index is 13.6. The Morgan fingerprint density at radius 3 is 2.79 bits per heavy atom. The van der Waals surface area contributed by atoms with Gasteiger partial charge in [-0.1, -0.05) is 12.1 Å². The van der Waals surface area contributed by atoms with Gasteiger partial charge in [0.15, 0.2) is 11.6 Å². The monoisotopic (exact) mass is 269 g/mol. The van der Waals surface area contributed by atoms with Gasteiger partial charge < -0.3 is 15.6 Å². The van der Waals surface area contributed by atoms with Crippen molar-refractivity contribution in [1.82, 2.24) is 0 Å². The number of benzene rings is 1. The predicted octanol–water partition coefficient (Wildman–Crippen LogP) is 2.49. The number of ether oxygens (including phenoxy) is 1. The van der Waals surface area contributed by atoms with Crippen molar-refractivity contribution >= 4 is 5.97 Å². The largest absolute Gasteiger partial charge is 0.491 e. The molecule has 19 heavy (non-hydrogen) atoms. The second-order valence-electron chi connectivity index (χ2n) is 4.92. The fourth-order valence-corrected chi connectivity index (χ4v) is 1.62. The van der Waals surface area contributed by atoms with E-state index in [0.717, 1.165) is 0 Å². The van der Waals surface area contributed by atoms with Crippen LogP contribution in [0.2, 0.25) is 0 Å². The molecule has 0 amide bonds. The lowest BCUT2D eigenvalue weighted by molar-refractivity contribution is -0.142. The zero-order chi connectivity index (χ0) is 14.5. The number of unbranched alkanes of at least 4 members (excludes halogenated alkanes) is 1. The number of aliphatic carboxylic acids is 1. The number of carboxylic acids is 1. The summed E-state index contributed by atoms with van der Waals surface area (Å²) in [6.07, 6.45) is 1.61. The summed E-state index contributed by atoms with van der Waals surface area (Å²) in [5, 5.41) is 8.84. The molecule has 0 aliphatic heterocycles. The van der Waals surface area contributed by atoms with Gasteiger partial charge in [-0.05, 0) is 44.7 Å². The first-order valence-electron chi connectivity index (χ1n) is 6.25. The third kappa shape index (κ3) is 4.52. The number of rotatable bonds is 7. The molecule has 0 heterocycles. The summed E-state index contributed by atoms with van der Waals surface area (Å²) in [7, 11) is 0. The fraction of sp³-hybridized carbons (Fsp3) is 0.500. The SMILES string of the molecule is Cc1cccc(OCCCCC(C)(N)C(=O)O)c1F. The van der Waals surface area contributed by atoms with Crippen LogP contribution in [0.25, 0.3) is 0 Å². The topological polar surface area (TPSA) is 72.5 Å². The van der Waals surface area contributed by atoms with Gasteiger partial charge in [0.2, 0.25) is 0 Å². The van der Waals surface area contributed by atoms with E-state index in [4.69, 9.17) is 15.6 Å². The highest BCUT2D eigenvalue weighted by Crippen LogP contribution is 2.20. The summed E-state index contributed by atoms with van der Waals surface area (Å²) < 4.78 is 18.9. The van der Waals surface area contributed by atoms with Crippen molar-refractivity contribution in [2.24, 2.45) is 5.73 Å². The quantitative estimate of drug-likeness (QED) is 0.746. The second kappa shape index (κ2) is 6.52. The van der Waals surface area contributed by atoms with Crippen LogP contribution >= 0.6 is 0 Å². The minimum Gasteiger partial charge on any atom is -0.491 e. The van der Waals surface area contributed by atoms with E-state index in [9.17, 15) is 9.18 Å². The van der Waals surface area contributed by atoms with Gasteiger partial charge in [0.25, 0.3) is 0 Å². The van der Waals surface area contributed by atoms with Gasteiger partial charge in [-0.15, -0.1) is 0 Å². The minimum atomic E-state index is -1.21. The Morgan fingerprint density at radius 1 is 1.47 bits per heavy atom. The van der Waals surface area contributed by atoms with E-state index in [-0.39, 0.29) is 11.6 Å². The first-order valence-corrected chi connectivity index (χ1v) is 6.25. The Labute approximate surface area is 112 Å². The van der Waals surface area contributed by atoms with E-state index in [1.165, 1.54) is 6.92 Å². The van der Waals surface area contributed by atoms with E-state index in [1.54, 1.807) is 25.1 Å². The molecule has 0 aliphatic rings. The van der Waals surface area contributed by atoms with Crippen molar-refractivity contribution < 1.29 is 19.0 Å². The molecule has 1 atom stereocenters. The lowest BCUT2D eigenvalue weighted by atomic mass is 9.97. The Balaban J connectivity index is 2.32. The van der Waals surface area contributed by atoms with Crippen LogP contribution < -0.4 is 10.5 Å². The maximum absolute atomic E-state index is 13.6. The molecule has 1 aromatic rings. The molecule has 0 aromatic heterocycles. The number of nitrogens with two attached hydrogens (primary N) is 1. The zero-order valence-corrected chi connectivity index (χ0v) is 11.3. The van der Waals surface area contributed by atoms with Crippen molar-refractivity contribution in [3.8, 4) is 5.75 Å². The first kappa shape index (κ1) is 15.4. The van der Waals surface area contributed by atoms with E-state index >= 15 is 0 Å². The Morgan fingerprint density at radius 2 is 2.16 bits per heavy atom. The highest BCUT2D eigenvalue weighted by atomic mass is 19.1. The van der Waals surface area contributed by atoms with E-state index in [0.29, 0.717) is 31.4 Å². The molecule has 0 fully saturated rings. The molecule has 1 unspecified atom stereocenters. The zero-order valence-electron chi connectivity index (χ0n) is 11.3. The lowest BCUT2D eigenvalue weighted by Crippen LogP contribution is -2.44. The molecule has 0 spiro atoms. The molecular formula is C14H20FNO3. The highest BCUT2D eigenvalue weighted by Gasteiger charge is 2.26. The number of halogens is 1. The molecule has 106 valence electrons. The van der Waals surface area contributed by atoms with Crippen molar-refractivity contribution in [3.05, 3.63) is 29.6 Å². The molecule has 0 bridgehead atoms. The summed E-state index contributed by atoms with van der Waals surface area (Å²) in [6.45, 7) is 3.50. The van der Waals surface area contributed by atoms with Gasteiger partial charge in [-0.3, -0.25) is 4.79 Å².